The molecule has 33 heavy (non-hydrogen) atoms. The summed E-state index contributed by atoms with van der Waals surface area (Å²) in [5.74, 6) is -0.554. The standard InChI is InChI=1S/C26H25N3O4/c1-26(2)25(32)29(17-23(30)27-16-18-9-5-3-6-10-18)21-15-19(13-14-22(21)33-26)24(31)28-20-11-7-4-8-12-20/h3-15H,16-17H2,1-2H3,(H,27,30)(H,28,31). The summed E-state index contributed by atoms with van der Waals surface area (Å²) in [6.07, 6.45) is 0. The van der Waals surface area contributed by atoms with E-state index in [0.29, 0.717) is 29.2 Å². The van der Waals surface area contributed by atoms with E-state index < -0.39 is 5.60 Å². The van der Waals surface area contributed by atoms with Crippen molar-refractivity contribution in [2.24, 2.45) is 0 Å². The normalized spacial score (nSPS) is 14.1. The number of ether oxygens (including phenoxy) is 1. The zero-order valence-corrected chi connectivity index (χ0v) is 18.5. The predicted molar refractivity (Wildman–Crippen MR) is 126 cm³/mol. The zero-order valence-electron chi connectivity index (χ0n) is 18.5. The van der Waals surface area contributed by atoms with Crippen LogP contribution in [0.1, 0.15) is 29.8 Å². The van der Waals surface area contributed by atoms with Crippen LogP contribution in [-0.4, -0.2) is 29.9 Å². The van der Waals surface area contributed by atoms with Crippen LogP contribution in [0.3, 0.4) is 0 Å². The highest BCUT2D eigenvalue weighted by Crippen LogP contribution is 2.38. The molecular weight excluding hydrogens is 418 g/mol. The number of para-hydroxylation sites is 1. The first-order valence-electron chi connectivity index (χ1n) is 10.7. The Bertz CT molecular complexity index is 1180. The number of hydrogen-bond acceptors (Lipinski definition) is 4. The lowest BCUT2D eigenvalue weighted by atomic mass is 10.0. The van der Waals surface area contributed by atoms with Crippen molar-refractivity contribution in [3.05, 3.63) is 90.0 Å². The molecule has 0 unspecified atom stereocenters. The molecule has 7 nitrogen and oxygen atoms in total. The van der Waals surface area contributed by atoms with Crippen LogP contribution in [0.2, 0.25) is 0 Å². The van der Waals surface area contributed by atoms with Gasteiger partial charge in [0.1, 0.15) is 12.3 Å². The first-order chi connectivity index (χ1) is 15.8. The molecule has 0 saturated heterocycles. The van der Waals surface area contributed by atoms with Gasteiger partial charge in [-0.3, -0.25) is 19.3 Å². The maximum absolute atomic E-state index is 13.1. The number of nitrogens with one attached hydrogen (secondary N) is 2. The van der Waals surface area contributed by atoms with Crippen LogP contribution < -0.4 is 20.3 Å². The Morgan fingerprint density at radius 2 is 1.61 bits per heavy atom. The van der Waals surface area contributed by atoms with E-state index in [4.69, 9.17) is 4.74 Å². The molecule has 0 aliphatic carbocycles. The van der Waals surface area contributed by atoms with Gasteiger partial charge >= 0.3 is 0 Å². The predicted octanol–water partition coefficient (Wildman–Crippen LogP) is 3.76. The molecule has 0 atom stereocenters. The van der Waals surface area contributed by atoms with Gasteiger partial charge in [0.05, 0.1) is 5.69 Å². The summed E-state index contributed by atoms with van der Waals surface area (Å²) in [6.45, 7) is 3.48. The molecule has 1 heterocycles. The lowest BCUT2D eigenvalue weighted by molar-refractivity contribution is -0.134. The van der Waals surface area contributed by atoms with Gasteiger partial charge in [-0.1, -0.05) is 48.5 Å². The summed E-state index contributed by atoms with van der Waals surface area (Å²) in [7, 11) is 0. The number of rotatable bonds is 6. The number of benzene rings is 3. The molecule has 0 fully saturated rings. The number of amides is 3. The molecule has 0 aromatic heterocycles. The van der Waals surface area contributed by atoms with Crippen molar-refractivity contribution in [3.8, 4) is 5.75 Å². The summed E-state index contributed by atoms with van der Waals surface area (Å²) in [6, 6.07) is 23.5. The van der Waals surface area contributed by atoms with Crippen LogP contribution in [0.4, 0.5) is 11.4 Å². The van der Waals surface area contributed by atoms with Crippen LogP contribution in [0.25, 0.3) is 0 Å². The van der Waals surface area contributed by atoms with Crippen molar-refractivity contribution >= 4 is 29.1 Å². The van der Waals surface area contributed by atoms with Gasteiger partial charge in [0, 0.05) is 17.8 Å². The van der Waals surface area contributed by atoms with Crippen molar-refractivity contribution in [3.63, 3.8) is 0 Å². The zero-order chi connectivity index (χ0) is 23.4. The number of nitrogens with zero attached hydrogens (tertiary/aromatic N) is 1. The topological polar surface area (TPSA) is 87.7 Å². The Morgan fingerprint density at radius 1 is 0.939 bits per heavy atom. The van der Waals surface area contributed by atoms with Crippen LogP contribution in [-0.2, 0) is 16.1 Å². The average Bonchev–Trinajstić information content (AvgIpc) is 2.81. The second-order valence-electron chi connectivity index (χ2n) is 8.27. The van der Waals surface area contributed by atoms with Crippen molar-refractivity contribution in [1.82, 2.24) is 5.32 Å². The fourth-order valence-electron chi connectivity index (χ4n) is 3.59. The van der Waals surface area contributed by atoms with Gasteiger partial charge in [-0.25, -0.2) is 0 Å². The van der Waals surface area contributed by atoms with E-state index in [1.807, 2.05) is 48.5 Å². The molecule has 2 N–H and O–H groups in total. The first kappa shape index (κ1) is 22.1. The largest absolute Gasteiger partial charge is 0.476 e. The Balaban J connectivity index is 1.55. The molecular formula is C26H25N3O4. The molecule has 0 spiro atoms. The number of hydrogen-bond donors (Lipinski definition) is 2. The molecule has 1 aliphatic rings. The summed E-state index contributed by atoms with van der Waals surface area (Å²) in [4.78, 5) is 39.9. The van der Waals surface area contributed by atoms with E-state index in [0.717, 1.165) is 5.56 Å². The molecule has 3 amide bonds. The Kier molecular flexibility index (Phi) is 6.13. The quantitative estimate of drug-likeness (QED) is 0.607. The minimum Gasteiger partial charge on any atom is -0.476 e. The fourth-order valence-corrected chi connectivity index (χ4v) is 3.59. The van der Waals surface area contributed by atoms with Crippen molar-refractivity contribution in [2.45, 2.75) is 26.0 Å². The molecule has 4 rings (SSSR count). The third-order valence-electron chi connectivity index (χ3n) is 5.30. The van der Waals surface area contributed by atoms with Crippen LogP contribution in [0, 0.1) is 0 Å². The fraction of sp³-hybridized carbons (Fsp3) is 0.192. The number of fused-ring (bicyclic) bond motifs is 1. The summed E-state index contributed by atoms with van der Waals surface area (Å²) >= 11 is 0. The van der Waals surface area contributed by atoms with E-state index in [1.165, 1.54) is 4.90 Å². The highest BCUT2D eigenvalue weighted by atomic mass is 16.5. The molecule has 0 saturated carbocycles. The van der Waals surface area contributed by atoms with Gasteiger partial charge in [0.15, 0.2) is 5.60 Å². The number of carbonyl (C=O) groups is 3. The lowest BCUT2D eigenvalue weighted by Gasteiger charge is -2.38. The van der Waals surface area contributed by atoms with E-state index >= 15 is 0 Å². The van der Waals surface area contributed by atoms with Crippen molar-refractivity contribution in [2.75, 3.05) is 16.8 Å². The first-order valence-corrected chi connectivity index (χ1v) is 10.7. The Morgan fingerprint density at radius 3 is 2.30 bits per heavy atom. The van der Waals surface area contributed by atoms with E-state index in [1.54, 1.807) is 44.2 Å². The third kappa shape index (κ3) is 5.03. The van der Waals surface area contributed by atoms with E-state index in [2.05, 4.69) is 10.6 Å². The Hall–Kier alpha value is -4.13. The summed E-state index contributed by atoms with van der Waals surface area (Å²) < 4.78 is 5.87. The van der Waals surface area contributed by atoms with Crippen molar-refractivity contribution < 1.29 is 19.1 Å². The highest BCUT2D eigenvalue weighted by molar-refractivity contribution is 6.09. The van der Waals surface area contributed by atoms with Crippen molar-refractivity contribution in [1.29, 1.82) is 0 Å². The van der Waals surface area contributed by atoms with Gasteiger partial charge < -0.3 is 15.4 Å². The van der Waals surface area contributed by atoms with E-state index in [-0.39, 0.29) is 24.3 Å². The number of anilines is 2. The van der Waals surface area contributed by atoms with Gasteiger partial charge in [0.25, 0.3) is 11.8 Å². The number of carbonyl (C=O) groups excluding carboxylic acids is 3. The third-order valence-corrected chi connectivity index (χ3v) is 5.30. The monoisotopic (exact) mass is 443 g/mol. The molecule has 0 radical (unpaired) electrons. The lowest BCUT2D eigenvalue weighted by Crippen LogP contribution is -2.55. The second-order valence-corrected chi connectivity index (χ2v) is 8.27. The highest BCUT2D eigenvalue weighted by Gasteiger charge is 2.41. The molecule has 168 valence electrons. The van der Waals surface area contributed by atoms with Crippen LogP contribution >= 0.6 is 0 Å². The summed E-state index contributed by atoms with van der Waals surface area (Å²) in [5, 5.41) is 5.67. The van der Waals surface area contributed by atoms with Gasteiger partial charge in [-0.05, 0) is 49.7 Å². The summed E-state index contributed by atoms with van der Waals surface area (Å²) in [5.41, 5.74) is 1.21. The van der Waals surface area contributed by atoms with Gasteiger partial charge in [0.2, 0.25) is 5.91 Å². The minimum absolute atomic E-state index is 0.185. The van der Waals surface area contributed by atoms with E-state index in [9.17, 15) is 14.4 Å². The molecule has 7 heteroatoms. The van der Waals surface area contributed by atoms with Gasteiger partial charge in [-0.2, -0.15) is 0 Å². The van der Waals surface area contributed by atoms with Crippen LogP contribution in [0.5, 0.6) is 5.75 Å². The second kappa shape index (κ2) is 9.16. The maximum Gasteiger partial charge on any atom is 0.271 e. The Labute approximate surface area is 192 Å². The molecule has 0 bridgehead atoms. The minimum atomic E-state index is -1.14. The van der Waals surface area contributed by atoms with Crippen LogP contribution in [0.15, 0.2) is 78.9 Å². The SMILES string of the molecule is CC1(C)Oc2ccc(C(=O)Nc3ccccc3)cc2N(CC(=O)NCc2ccccc2)C1=O. The molecule has 3 aromatic rings. The maximum atomic E-state index is 13.1. The average molecular weight is 444 g/mol. The molecule has 3 aromatic carbocycles. The molecule has 1 aliphatic heterocycles. The van der Waals surface area contributed by atoms with Gasteiger partial charge in [-0.15, -0.1) is 0 Å². The smallest absolute Gasteiger partial charge is 0.271 e.